The van der Waals surface area contributed by atoms with Gasteiger partial charge in [-0.15, -0.1) is 0 Å². The number of nitrogens with one attached hydrogen (secondary N) is 1. The number of carboxylic acids is 1. The highest BCUT2D eigenvalue weighted by Gasteiger charge is 2.16. The fourth-order valence-corrected chi connectivity index (χ4v) is 5.29. The first-order valence-corrected chi connectivity index (χ1v) is 13.6. The number of carboxylic acid groups (broad SMARTS) is 1. The summed E-state index contributed by atoms with van der Waals surface area (Å²) in [6.45, 7) is 2.67. The van der Waals surface area contributed by atoms with Crippen molar-refractivity contribution >= 4 is 27.9 Å². The van der Waals surface area contributed by atoms with E-state index in [2.05, 4.69) is 16.5 Å². The number of fused-ring (bicyclic) bond motifs is 2. The summed E-state index contributed by atoms with van der Waals surface area (Å²) in [5.41, 5.74) is 4.48. The number of aryl methyl sites for hydroxylation is 1. The molecule has 0 aliphatic heterocycles. The molecule has 2 N–H and O–H groups in total. The largest absolute Gasteiger partial charge is 0.478 e. The van der Waals surface area contributed by atoms with Crippen molar-refractivity contribution in [2.75, 3.05) is 0 Å². The fourth-order valence-electron chi connectivity index (χ4n) is 5.29. The number of carbonyl (C=O) groups is 1. The number of unbranched alkanes of at least 4 members (excludes halogenated alkanes) is 1. The minimum Gasteiger partial charge on any atom is -0.478 e. The van der Waals surface area contributed by atoms with E-state index in [0.29, 0.717) is 28.7 Å². The standard InChI is InChI=1S/C33H28N4O4/c1-2-3-12-30-34-28-18-17-23(37-31(38)26-10-6-7-11-27(26)35-33(37)41)19-29(28)36(30)20-21-13-15-22(16-14-21)24-8-4-5-9-25(24)32(39)40/h4-11,13-19H,2-3,12,20H2,1H3,(H,35,41)(H,39,40). The van der Waals surface area contributed by atoms with Gasteiger partial charge in [-0.25, -0.2) is 19.1 Å². The lowest BCUT2D eigenvalue weighted by Crippen LogP contribution is -2.33. The molecule has 0 radical (unpaired) electrons. The molecule has 8 nitrogen and oxygen atoms in total. The molecule has 2 aromatic heterocycles. The summed E-state index contributed by atoms with van der Waals surface area (Å²) in [5.74, 6) is -0.0330. The third-order valence-electron chi connectivity index (χ3n) is 7.39. The number of H-pyrrole nitrogens is 1. The Balaban J connectivity index is 1.43. The van der Waals surface area contributed by atoms with E-state index in [0.717, 1.165) is 47.2 Å². The Hall–Kier alpha value is -5.24. The molecular weight excluding hydrogens is 516 g/mol. The maximum atomic E-state index is 13.3. The van der Waals surface area contributed by atoms with Crippen molar-refractivity contribution in [2.45, 2.75) is 32.7 Å². The van der Waals surface area contributed by atoms with Crippen molar-refractivity contribution in [3.05, 3.63) is 129 Å². The van der Waals surface area contributed by atoms with Crippen LogP contribution in [-0.2, 0) is 13.0 Å². The zero-order chi connectivity index (χ0) is 28.5. The fraction of sp³-hybridized carbons (Fsp3) is 0.152. The van der Waals surface area contributed by atoms with E-state index < -0.39 is 11.7 Å². The van der Waals surface area contributed by atoms with Gasteiger partial charge in [-0.05, 0) is 59.5 Å². The quantitative estimate of drug-likeness (QED) is 0.252. The maximum Gasteiger partial charge on any atom is 0.336 e. The lowest BCUT2D eigenvalue weighted by atomic mass is 9.99. The van der Waals surface area contributed by atoms with Crippen LogP contribution >= 0.6 is 0 Å². The molecule has 0 bridgehead atoms. The Morgan fingerprint density at radius 2 is 1.68 bits per heavy atom. The molecule has 41 heavy (non-hydrogen) atoms. The maximum absolute atomic E-state index is 13.3. The third kappa shape index (κ3) is 4.84. The smallest absolute Gasteiger partial charge is 0.336 e. The Labute approximate surface area is 235 Å². The highest BCUT2D eigenvalue weighted by Crippen LogP contribution is 2.26. The van der Waals surface area contributed by atoms with Crippen LogP contribution in [0.3, 0.4) is 0 Å². The van der Waals surface area contributed by atoms with Crippen molar-refractivity contribution < 1.29 is 9.90 Å². The van der Waals surface area contributed by atoms with Gasteiger partial charge in [-0.2, -0.15) is 0 Å². The van der Waals surface area contributed by atoms with Gasteiger partial charge < -0.3 is 14.7 Å². The first-order valence-electron chi connectivity index (χ1n) is 13.6. The predicted octanol–water partition coefficient (Wildman–Crippen LogP) is 5.78. The molecule has 0 atom stereocenters. The van der Waals surface area contributed by atoms with E-state index in [1.807, 2.05) is 48.5 Å². The molecule has 0 spiro atoms. The average molecular weight is 545 g/mol. The predicted molar refractivity (Wildman–Crippen MR) is 160 cm³/mol. The van der Waals surface area contributed by atoms with E-state index >= 15 is 0 Å². The lowest BCUT2D eigenvalue weighted by molar-refractivity contribution is 0.0697. The number of para-hydroxylation sites is 1. The van der Waals surface area contributed by atoms with Gasteiger partial charge in [0.25, 0.3) is 5.56 Å². The molecule has 0 aliphatic carbocycles. The number of imidazole rings is 1. The van der Waals surface area contributed by atoms with Gasteiger partial charge in [-0.3, -0.25) is 4.79 Å². The molecule has 6 rings (SSSR count). The molecule has 4 aromatic carbocycles. The van der Waals surface area contributed by atoms with E-state index in [1.165, 1.54) is 4.57 Å². The molecule has 2 heterocycles. The number of benzene rings is 4. The summed E-state index contributed by atoms with van der Waals surface area (Å²) in [5, 5.41) is 10.0. The summed E-state index contributed by atoms with van der Waals surface area (Å²) in [7, 11) is 0. The van der Waals surface area contributed by atoms with Gasteiger partial charge >= 0.3 is 11.7 Å². The number of hydrogen-bond acceptors (Lipinski definition) is 4. The van der Waals surface area contributed by atoms with Crippen molar-refractivity contribution in [3.8, 4) is 16.8 Å². The summed E-state index contributed by atoms with van der Waals surface area (Å²) in [6.07, 6.45) is 2.79. The van der Waals surface area contributed by atoms with Gasteiger partial charge in [0, 0.05) is 13.0 Å². The van der Waals surface area contributed by atoms with Crippen LogP contribution in [-0.4, -0.2) is 30.2 Å². The first-order chi connectivity index (χ1) is 19.9. The van der Waals surface area contributed by atoms with Crippen molar-refractivity contribution in [1.82, 2.24) is 19.1 Å². The van der Waals surface area contributed by atoms with E-state index in [4.69, 9.17) is 4.98 Å². The van der Waals surface area contributed by atoms with Crippen LogP contribution in [0.25, 0.3) is 38.8 Å². The number of aromatic amines is 1. The number of aromatic carboxylic acids is 1. The molecular formula is C33H28N4O4. The molecule has 0 saturated heterocycles. The van der Waals surface area contributed by atoms with Crippen molar-refractivity contribution in [1.29, 1.82) is 0 Å². The minimum atomic E-state index is -0.963. The molecule has 8 heteroatoms. The van der Waals surface area contributed by atoms with Crippen LogP contribution < -0.4 is 11.2 Å². The Morgan fingerprint density at radius 1 is 0.927 bits per heavy atom. The summed E-state index contributed by atoms with van der Waals surface area (Å²) in [4.78, 5) is 45.7. The second-order valence-electron chi connectivity index (χ2n) is 10.1. The molecule has 0 saturated carbocycles. The van der Waals surface area contributed by atoms with Gasteiger partial charge in [0.1, 0.15) is 5.82 Å². The average Bonchev–Trinajstić information content (AvgIpc) is 3.32. The SMILES string of the molecule is CCCCc1nc2ccc(-n3c(=O)[nH]c4ccccc4c3=O)cc2n1Cc1ccc(-c2ccccc2C(=O)O)cc1. The van der Waals surface area contributed by atoms with Gasteiger partial charge in [0.15, 0.2) is 0 Å². The summed E-state index contributed by atoms with van der Waals surface area (Å²) in [6, 6.07) is 27.2. The first kappa shape index (κ1) is 26.0. The van der Waals surface area contributed by atoms with Crippen molar-refractivity contribution in [3.63, 3.8) is 0 Å². The van der Waals surface area contributed by atoms with E-state index in [-0.39, 0.29) is 11.1 Å². The molecule has 0 aliphatic rings. The summed E-state index contributed by atoms with van der Waals surface area (Å²) < 4.78 is 3.30. The van der Waals surface area contributed by atoms with E-state index in [1.54, 1.807) is 42.5 Å². The number of aromatic nitrogens is 4. The van der Waals surface area contributed by atoms with Crippen LogP contribution in [0.15, 0.2) is 101 Å². The van der Waals surface area contributed by atoms with Gasteiger partial charge in [-0.1, -0.05) is 67.9 Å². The monoisotopic (exact) mass is 544 g/mol. The Morgan fingerprint density at radius 3 is 2.46 bits per heavy atom. The van der Waals surface area contributed by atoms with Crippen LogP contribution in [0.2, 0.25) is 0 Å². The normalized spacial score (nSPS) is 11.3. The van der Waals surface area contributed by atoms with Crippen LogP contribution in [0, 0.1) is 0 Å². The molecule has 0 unspecified atom stereocenters. The highest BCUT2D eigenvalue weighted by molar-refractivity contribution is 5.96. The van der Waals surface area contributed by atoms with E-state index in [9.17, 15) is 19.5 Å². The Kier molecular flexibility index (Phi) is 6.81. The van der Waals surface area contributed by atoms with Crippen LogP contribution in [0.4, 0.5) is 0 Å². The Bertz CT molecular complexity index is 2030. The molecule has 0 fully saturated rings. The van der Waals surface area contributed by atoms with Gasteiger partial charge in [0.05, 0.1) is 33.2 Å². The number of nitrogens with zero attached hydrogens (tertiary/aromatic N) is 3. The third-order valence-corrected chi connectivity index (χ3v) is 7.39. The molecule has 204 valence electrons. The highest BCUT2D eigenvalue weighted by atomic mass is 16.4. The van der Waals surface area contributed by atoms with Crippen LogP contribution in [0.1, 0.15) is 41.5 Å². The lowest BCUT2D eigenvalue weighted by Gasteiger charge is -2.12. The summed E-state index contributed by atoms with van der Waals surface area (Å²) >= 11 is 0. The molecule has 0 amide bonds. The topological polar surface area (TPSA) is 110 Å². The zero-order valence-electron chi connectivity index (χ0n) is 22.5. The molecule has 6 aromatic rings. The van der Waals surface area contributed by atoms with Crippen LogP contribution in [0.5, 0.6) is 0 Å². The second-order valence-corrected chi connectivity index (χ2v) is 10.1. The van der Waals surface area contributed by atoms with Crippen molar-refractivity contribution in [2.24, 2.45) is 0 Å². The number of rotatable bonds is 8. The minimum absolute atomic E-state index is 0.258. The zero-order valence-corrected chi connectivity index (χ0v) is 22.5. The van der Waals surface area contributed by atoms with Gasteiger partial charge in [0.2, 0.25) is 0 Å². The second kappa shape index (κ2) is 10.7. The number of hydrogen-bond donors (Lipinski definition) is 2.